The van der Waals surface area contributed by atoms with Crippen LogP contribution in [0.15, 0.2) is 47.3 Å². The molecule has 3 aliphatic rings. The number of halogens is 2. The van der Waals surface area contributed by atoms with Gasteiger partial charge in [0.2, 0.25) is 6.79 Å². The van der Waals surface area contributed by atoms with Gasteiger partial charge in [-0.25, -0.2) is 4.79 Å². The summed E-state index contributed by atoms with van der Waals surface area (Å²) >= 11 is 0. The molecule has 8 nitrogen and oxygen atoms in total. The molecule has 0 aromatic heterocycles. The summed E-state index contributed by atoms with van der Waals surface area (Å²) in [5, 5.41) is -5.12. The van der Waals surface area contributed by atoms with E-state index in [9.17, 15) is 26.8 Å². The number of ether oxygens (including phenoxy) is 3. The van der Waals surface area contributed by atoms with Gasteiger partial charge in [0.1, 0.15) is 11.9 Å². The van der Waals surface area contributed by atoms with Crippen LogP contribution in [0.4, 0.5) is 8.78 Å². The number of esters is 2. The van der Waals surface area contributed by atoms with E-state index in [1.165, 1.54) is 23.8 Å². The quantitative estimate of drug-likeness (QED) is 0.230. The Kier molecular flexibility index (Phi) is 7.61. The Bertz CT molecular complexity index is 1100. The highest BCUT2D eigenvalue weighted by Gasteiger charge is 2.54. The van der Waals surface area contributed by atoms with Crippen molar-refractivity contribution in [3.05, 3.63) is 47.3 Å². The maximum absolute atomic E-state index is 13.6. The monoisotopic (exact) mass is 516 g/mol. The van der Waals surface area contributed by atoms with Gasteiger partial charge < -0.3 is 14.2 Å². The lowest BCUT2D eigenvalue weighted by atomic mass is 9.79. The summed E-state index contributed by atoms with van der Waals surface area (Å²) in [6.07, 6.45) is 8.36. The van der Waals surface area contributed by atoms with Crippen LogP contribution in [0.25, 0.3) is 0 Å². The molecule has 3 rings (SSSR count). The van der Waals surface area contributed by atoms with Crippen molar-refractivity contribution in [3.8, 4) is 0 Å². The van der Waals surface area contributed by atoms with Gasteiger partial charge in [0.05, 0.1) is 5.41 Å². The topological polar surface area (TPSA) is 116 Å². The van der Waals surface area contributed by atoms with E-state index >= 15 is 0 Å². The molecule has 1 saturated carbocycles. The van der Waals surface area contributed by atoms with Crippen molar-refractivity contribution in [3.63, 3.8) is 0 Å². The molecule has 0 amide bonds. The summed E-state index contributed by atoms with van der Waals surface area (Å²) in [4.78, 5) is 24.6. The zero-order valence-corrected chi connectivity index (χ0v) is 20.8. The molecule has 3 aliphatic carbocycles. The molecule has 11 heteroatoms. The molecule has 5 unspecified atom stereocenters. The first-order valence-corrected chi connectivity index (χ1v) is 12.8. The van der Waals surface area contributed by atoms with Crippen LogP contribution in [0.3, 0.4) is 0 Å². The third kappa shape index (κ3) is 6.19. The normalized spacial score (nSPS) is 30.9. The predicted octanol–water partition coefficient (Wildman–Crippen LogP) is 4.31. The fourth-order valence-corrected chi connectivity index (χ4v) is 4.73. The van der Waals surface area contributed by atoms with Crippen LogP contribution in [0.2, 0.25) is 0 Å². The third-order valence-corrected chi connectivity index (χ3v) is 7.11. The predicted molar refractivity (Wildman–Crippen MR) is 121 cm³/mol. The fraction of sp³-hybridized carbons (Fsp3) is 0.583. The van der Waals surface area contributed by atoms with Crippen LogP contribution in [0.5, 0.6) is 0 Å². The van der Waals surface area contributed by atoms with Crippen LogP contribution in [-0.2, 0) is 33.9 Å². The number of allylic oxidation sites excluding steroid dienone is 5. The second-order valence-corrected chi connectivity index (χ2v) is 11.2. The first-order chi connectivity index (χ1) is 16.1. The van der Waals surface area contributed by atoms with Gasteiger partial charge in [-0.05, 0) is 54.9 Å². The molecule has 5 atom stereocenters. The standard InChI is InChI=1S/C24H30F2O8S/c1-14-5-6-18(34-22(28)24(25,26)35(29,30)31)7-8-23(4,12-14)21(27)33-13-32-20-16(3)9-15(2)10-17-11-19(17)20/h5-8,10,14-16,18H,9,11-13H2,1-4H3,(H,29,30,31). The van der Waals surface area contributed by atoms with Gasteiger partial charge in [0.15, 0.2) is 0 Å². The van der Waals surface area contributed by atoms with Crippen molar-refractivity contribution in [1.82, 2.24) is 0 Å². The lowest BCUT2D eigenvalue weighted by Crippen LogP contribution is -2.40. The average Bonchev–Trinajstić information content (AvgIpc) is 3.49. The molecule has 0 saturated heterocycles. The van der Waals surface area contributed by atoms with Crippen molar-refractivity contribution in [2.45, 2.75) is 58.3 Å². The van der Waals surface area contributed by atoms with Crippen LogP contribution >= 0.6 is 0 Å². The first kappa shape index (κ1) is 27.1. The number of fused-ring (bicyclic) bond motifs is 1. The molecule has 0 heterocycles. The number of rotatable bonds is 7. The van der Waals surface area contributed by atoms with Gasteiger partial charge in [-0.3, -0.25) is 9.35 Å². The Morgan fingerprint density at radius 3 is 2.51 bits per heavy atom. The molecule has 0 aromatic rings. The van der Waals surface area contributed by atoms with Crippen LogP contribution in [0, 0.1) is 23.2 Å². The third-order valence-electron chi connectivity index (χ3n) is 6.29. The van der Waals surface area contributed by atoms with E-state index in [4.69, 9.17) is 14.0 Å². The van der Waals surface area contributed by atoms with E-state index < -0.39 is 38.8 Å². The zero-order valence-electron chi connectivity index (χ0n) is 20.0. The summed E-state index contributed by atoms with van der Waals surface area (Å²) < 4.78 is 73.1. The van der Waals surface area contributed by atoms with E-state index in [1.54, 1.807) is 19.9 Å². The van der Waals surface area contributed by atoms with Crippen LogP contribution in [0.1, 0.15) is 47.0 Å². The van der Waals surface area contributed by atoms with Crippen molar-refractivity contribution in [2.75, 3.05) is 6.79 Å². The lowest BCUT2D eigenvalue weighted by Gasteiger charge is -2.28. The molecule has 0 radical (unpaired) electrons. The van der Waals surface area contributed by atoms with Gasteiger partial charge in [-0.15, -0.1) is 0 Å². The fourth-order valence-electron chi connectivity index (χ4n) is 4.47. The summed E-state index contributed by atoms with van der Waals surface area (Å²) in [6, 6.07) is 0. The number of carbonyl (C=O) groups excluding carboxylic acids is 2. The largest absolute Gasteiger partial charge is 0.465 e. The molecule has 194 valence electrons. The Morgan fingerprint density at radius 1 is 1.17 bits per heavy atom. The van der Waals surface area contributed by atoms with Crippen LogP contribution < -0.4 is 0 Å². The molecule has 1 fully saturated rings. The number of carbonyl (C=O) groups is 2. The van der Waals surface area contributed by atoms with E-state index in [1.807, 2.05) is 0 Å². The molecular weight excluding hydrogens is 486 g/mol. The van der Waals surface area contributed by atoms with Gasteiger partial charge in [-0.2, -0.15) is 17.2 Å². The average molecular weight is 517 g/mol. The highest BCUT2D eigenvalue weighted by molar-refractivity contribution is 7.87. The molecular formula is C24H30F2O8S. The van der Waals surface area contributed by atoms with Gasteiger partial charge in [0, 0.05) is 12.3 Å². The number of hydrogen-bond donors (Lipinski definition) is 1. The van der Waals surface area contributed by atoms with Crippen molar-refractivity contribution >= 4 is 22.1 Å². The van der Waals surface area contributed by atoms with Crippen molar-refractivity contribution in [2.24, 2.45) is 23.2 Å². The first-order valence-electron chi connectivity index (χ1n) is 11.3. The minimum Gasteiger partial charge on any atom is -0.461 e. The number of alkyl halides is 2. The summed E-state index contributed by atoms with van der Waals surface area (Å²) in [5.74, 6) is -1.83. The minimum absolute atomic E-state index is 0.188. The van der Waals surface area contributed by atoms with Crippen molar-refractivity contribution < 1.29 is 45.6 Å². The molecule has 0 aromatic carbocycles. The Morgan fingerprint density at radius 2 is 1.86 bits per heavy atom. The SMILES string of the molecule is CC1C=C2CC2=C(OCOC(=O)C2(C)C=CC(OC(=O)C(F)(F)S(=O)(=O)O)C=CC(C)C2)C(C)C1. The second-order valence-electron chi connectivity index (χ2n) is 9.72. The van der Waals surface area contributed by atoms with E-state index in [2.05, 4.69) is 24.7 Å². The van der Waals surface area contributed by atoms with E-state index in [0.29, 0.717) is 12.3 Å². The summed E-state index contributed by atoms with van der Waals surface area (Å²) in [6.45, 7) is 7.29. The second kappa shape index (κ2) is 9.85. The maximum atomic E-state index is 13.6. The highest BCUT2D eigenvalue weighted by atomic mass is 32.2. The smallest absolute Gasteiger partial charge is 0.461 e. The molecule has 0 spiro atoms. The van der Waals surface area contributed by atoms with Gasteiger partial charge >= 0.3 is 27.3 Å². The minimum atomic E-state index is -6.00. The maximum Gasteiger partial charge on any atom is 0.465 e. The number of hydrogen-bond acceptors (Lipinski definition) is 7. The van der Waals surface area contributed by atoms with E-state index in [-0.39, 0.29) is 18.6 Å². The molecule has 35 heavy (non-hydrogen) atoms. The lowest BCUT2D eigenvalue weighted by molar-refractivity contribution is -0.163. The molecule has 1 N–H and O–H groups in total. The van der Waals surface area contributed by atoms with E-state index in [0.717, 1.165) is 24.2 Å². The Balaban J connectivity index is 1.65. The highest BCUT2D eigenvalue weighted by Crippen LogP contribution is 2.46. The zero-order chi connectivity index (χ0) is 26.2. The Labute approximate surface area is 203 Å². The van der Waals surface area contributed by atoms with Crippen molar-refractivity contribution in [1.29, 1.82) is 0 Å². The summed E-state index contributed by atoms with van der Waals surface area (Å²) in [7, 11) is -6.00. The van der Waals surface area contributed by atoms with Crippen LogP contribution in [-0.4, -0.2) is 43.1 Å². The van der Waals surface area contributed by atoms with Gasteiger partial charge in [-0.1, -0.05) is 39.0 Å². The Hall–Kier alpha value is -2.53. The van der Waals surface area contributed by atoms with Gasteiger partial charge in [0.25, 0.3) is 0 Å². The molecule has 0 aliphatic heterocycles. The molecule has 0 bridgehead atoms. The summed E-state index contributed by atoms with van der Waals surface area (Å²) in [5.41, 5.74) is 1.22.